The highest BCUT2D eigenvalue weighted by Gasteiger charge is 2.30. The Hall–Kier alpha value is -1.68. The van der Waals surface area contributed by atoms with Gasteiger partial charge in [0.25, 0.3) is 0 Å². The van der Waals surface area contributed by atoms with Crippen LogP contribution in [-0.4, -0.2) is 30.7 Å². The fourth-order valence-electron chi connectivity index (χ4n) is 2.83. The molecule has 1 aromatic rings. The molecule has 1 aromatic carbocycles. The third-order valence-corrected chi connectivity index (χ3v) is 3.75. The molecule has 1 saturated carbocycles. The number of rotatable bonds is 2. The van der Waals surface area contributed by atoms with E-state index < -0.39 is 0 Å². The number of hydrogen-bond donors (Lipinski definition) is 1. The Morgan fingerprint density at radius 3 is 2.42 bits per heavy atom. The van der Waals surface area contributed by atoms with E-state index in [-0.39, 0.29) is 0 Å². The third kappa shape index (κ3) is 2.54. The van der Waals surface area contributed by atoms with Gasteiger partial charge in [0.2, 0.25) is 0 Å². The highest BCUT2D eigenvalue weighted by Crippen LogP contribution is 2.27. The molecule has 0 unspecified atom stereocenters. The smallest absolute Gasteiger partial charge is 0.171 e. The molecule has 1 aliphatic carbocycles. The van der Waals surface area contributed by atoms with Crippen molar-refractivity contribution in [2.45, 2.75) is 37.8 Å². The summed E-state index contributed by atoms with van der Waals surface area (Å²) in [7, 11) is 1.61. The Balaban J connectivity index is 1.95. The van der Waals surface area contributed by atoms with Crippen molar-refractivity contribution in [3.8, 4) is 0 Å². The van der Waals surface area contributed by atoms with E-state index in [1.165, 1.54) is 12.8 Å². The molecule has 1 N–H and O–H groups in total. The van der Waals surface area contributed by atoms with Crippen molar-refractivity contribution in [1.82, 2.24) is 5.48 Å². The van der Waals surface area contributed by atoms with Gasteiger partial charge in [0.05, 0.1) is 19.2 Å². The number of fused-ring (bicyclic) bond motifs is 1. The molecule has 4 nitrogen and oxygen atoms in total. The standard InChI is InChI=1S/C15H19N3O/c1-19-18-15-14(11-7-3-2-4-8-11)16-12-9-5-6-10-13(12)17-15/h2-4,7-8,12-13H,5-6,9-10H2,1H3,(H,17,18)/t12-,13-/m1/s1. The van der Waals surface area contributed by atoms with Crippen LogP contribution in [0.5, 0.6) is 0 Å². The van der Waals surface area contributed by atoms with Crippen LogP contribution in [0, 0.1) is 0 Å². The number of aliphatic imine (C=N–C) groups is 2. The van der Waals surface area contributed by atoms with Crippen molar-refractivity contribution >= 4 is 11.5 Å². The Bertz CT molecular complexity index is 495. The summed E-state index contributed by atoms with van der Waals surface area (Å²) >= 11 is 0. The number of nitrogens with zero attached hydrogens (tertiary/aromatic N) is 2. The van der Waals surface area contributed by atoms with E-state index in [0.29, 0.717) is 12.1 Å². The summed E-state index contributed by atoms with van der Waals surface area (Å²) in [5.41, 5.74) is 4.90. The second kappa shape index (κ2) is 5.53. The second-order valence-corrected chi connectivity index (χ2v) is 5.05. The monoisotopic (exact) mass is 257 g/mol. The minimum absolute atomic E-state index is 0.318. The van der Waals surface area contributed by atoms with Crippen LogP contribution < -0.4 is 5.48 Å². The molecule has 1 aliphatic heterocycles. The molecule has 0 aromatic heterocycles. The first-order valence-electron chi connectivity index (χ1n) is 6.89. The van der Waals surface area contributed by atoms with Gasteiger partial charge in [-0.2, -0.15) is 0 Å². The minimum atomic E-state index is 0.318. The molecule has 0 saturated heterocycles. The zero-order valence-corrected chi connectivity index (χ0v) is 11.2. The first-order valence-corrected chi connectivity index (χ1v) is 6.89. The summed E-state index contributed by atoms with van der Waals surface area (Å²) < 4.78 is 0. The average Bonchev–Trinajstić information content (AvgIpc) is 2.48. The molecule has 0 amide bonds. The second-order valence-electron chi connectivity index (χ2n) is 5.05. The molecular weight excluding hydrogens is 238 g/mol. The van der Waals surface area contributed by atoms with E-state index in [1.807, 2.05) is 18.2 Å². The van der Waals surface area contributed by atoms with E-state index in [4.69, 9.17) is 14.8 Å². The molecule has 1 fully saturated rings. The van der Waals surface area contributed by atoms with Crippen molar-refractivity contribution in [2.75, 3.05) is 7.11 Å². The quantitative estimate of drug-likeness (QED) is 0.827. The highest BCUT2D eigenvalue weighted by atomic mass is 16.6. The van der Waals surface area contributed by atoms with Crippen LogP contribution in [0.2, 0.25) is 0 Å². The zero-order valence-electron chi connectivity index (χ0n) is 11.2. The Labute approximate surface area is 113 Å². The molecule has 1 heterocycles. The minimum Gasteiger partial charge on any atom is -0.278 e. The predicted octanol–water partition coefficient (Wildman–Crippen LogP) is 2.35. The zero-order chi connectivity index (χ0) is 13.1. The molecule has 4 heteroatoms. The van der Waals surface area contributed by atoms with Gasteiger partial charge in [-0.05, 0) is 12.8 Å². The molecule has 0 radical (unpaired) electrons. The lowest BCUT2D eigenvalue weighted by Crippen LogP contribution is -2.41. The summed E-state index contributed by atoms with van der Waals surface area (Å²) in [6.07, 6.45) is 4.78. The lowest BCUT2D eigenvalue weighted by Gasteiger charge is -2.31. The van der Waals surface area contributed by atoms with Crippen molar-refractivity contribution in [1.29, 1.82) is 0 Å². The van der Waals surface area contributed by atoms with Crippen LogP contribution in [-0.2, 0) is 4.84 Å². The van der Waals surface area contributed by atoms with Gasteiger partial charge < -0.3 is 0 Å². The molecular formula is C15H19N3O. The Kier molecular flexibility index (Phi) is 3.60. The van der Waals surface area contributed by atoms with Crippen molar-refractivity contribution < 1.29 is 4.84 Å². The maximum atomic E-state index is 5.05. The molecule has 19 heavy (non-hydrogen) atoms. The van der Waals surface area contributed by atoms with Crippen molar-refractivity contribution in [3.63, 3.8) is 0 Å². The maximum Gasteiger partial charge on any atom is 0.171 e. The maximum absolute atomic E-state index is 5.05. The van der Waals surface area contributed by atoms with Gasteiger partial charge in [-0.3, -0.25) is 14.8 Å². The van der Waals surface area contributed by atoms with Gasteiger partial charge in [0.1, 0.15) is 5.71 Å². The van der Waals surface area contributed by atoms with Crippen LogP contribution in [0.4, 0.5) is 0 Å². The molecule has 2 atom stereocenters. The molecule has 100 valence electrons. The molecule has 2 aliphatic rings. The summed E-state index contributed by atoms with van der Waals surface area (Å²) in [4.78, 5) is 14.8. The predicted molar refractivity (Wildman–Crippen MR) is 76.6 cm³/mol. The number of nitrogens with one attached hydrogen (secondary N) is 1. The van der Waals surface area contributed by atoms with Gasteiger partial charge >= 0.3 is 0 Å². The third-order valence-electron chi connectivity index (χ3n) is 3.75. The topological polar surface area (TPSA) is 46.0 Å². The molecule has 0 bridgehead atoms. The normalized spacial score (nSPS) is 26.2. The summed E-state index contributed by atoms with van der Waals surface area (Å²) in [6, 6.07) is 10.8. The number of benzene rings is 1. The van der Waals surface area contributed by atoms with Gasteiger partial charge in [0, 0.05) is 5.56 Å². The highest BCUT2D eigenvalue weighted by molar-refractivity contribution is 6.47. The van der Waals surface area contributed by atoms with Gasteiger partial charge in [-0.1, -0.05) is 43.2 Å². The fraction of sp³-hybridized carbons (Fsp3) is 0.467. The molecule has 3 rings (SSSR count). The largest absolute Gasteiger partial charge is 0.278 e. The summed E-state index contributed by atoms with van der Waals surface area (Å²) in [6.45, 7) is 0. The fourth-order valence-corrected chi connectivity index (χ4v) is 2.83. The summed E-state index contributed by atoms with van der Waals surface area (Å²) in [5.74, 6) is 0.761. The first kappa shape index (κ1) is 12.4. The van der Waals surface area contributed by atoms with E-state index in [0.717, 1.165) is 30.0 Å². The Morgan fingerprint density at radius 1 is 1.05 bits per heavy atom. The van der Waals surface area contributed by atoms with E-state index >= 15 is 0 Å². The lowest BCUT2D eigenvalue weighted by atomic mass is 9.89. The van der Waals surface area contributed by atoms with Crippen LogP contribution in [0.1, 0.15) is 31.2 Å². The van der Waals surface area contributed by atoms with Crippen LogP contribution in [0.25, 0.3) is 0 Å². The number of amidine groups is 1. The lowest BCUT2D eigenvalue weighted by molar-refractivity contribution is 0.145. The van der Waals surface area contributed by atoms with Crippen molar-refractivity contribution in [3.05, 3.63) is 35.9 Å². The van der Waals surface area contributed by atoms with Crippen LogP contribution >= 0.6 is 0 Å². The van der Waals surface area contributed by atoms with Gasteiger partial charge in [-0.15, -0.1) is 0 Å². The average molecular weight is 257 g/mol. The SMILES string of the molecule is CONC1=N[C@@H]2CCCC[C@H]2N=C1c1ccccc1. The first-order chi connectivity index (χ1) is 9.38. The van der Waals surface area contributed by atoms with Crippen LogP contribution in [0.3, 0.4) is 0 Å². The number of hydrogen-bond acceptors (Lipinski definition) is 4. The van der Waals surface area contributed by atoms with E-state index in [2.05, 4.69) is 17.6 Å². The van der Waals surface area contributed by atoms with Crippen molar-refractivity contribution in [2.24, 2.45) is 9.98 Å². The van der Waals surface area contributed by atoms with Gasteiger partial charge in [0.15, 0.2) is 5.84 Å². The van der Waals surface area contributed by atoms with Crippen LogP contribution in [0.15, 0.2) is 40.3 Å². The Morgan fingerprint density at radius 2 is 1.74 bits per heavy atom. The molecule has 0 spiro atoms. The van der Waals surface area contributed by atoms with E-state index in [1.54, 1.807) is 7.11 Å². The van der Waals surface area contributed by atoms with E-state index in [9.17, 15) is 0 Å². The number of hydroxylamine groups is 1. The summed E-state index contributed by atoms with van der Waals surface area (Å²) in [5, 5.41) is 0. The van der Waals surface area contributed by atoms with Gasteiger partial charge in [-0.25, -0.2) is 5.48 Å².